The Morgan fingerprint density at radius 3 is 2.25 bits per heavy atom. The van der Waals surface area contributed by atoms with Gasteiger partial charge in [-0.25, -0.2) is 4.98 Å². The van der Waals surface area contributed by atoms with Gasteiger partial charge in [0.2, 0.25) is 0 Å². The number of H-pyrrole nitrogens is 1. The van der Waals surface area contributed by atoms with Crippen LogP contribution in [0.1, 0.15) is 74.3 Å². The second kappa shape index (κ2) is 7.60. The highest BCUT2D eigenvalue weighted by Crippen LogP contribution is 2.41. The number of nitrogens with one attached hydrogen (secondary N) is 1. The lowest BCUT2D eigenvalue weighted by Gasteiger charge is -2.33. The molecule has 0 aromatic carbocycles. The number of aryl methyl sites for hydroxylation is 2. The number of hydrogen-bond acceptors (Lipinski definition) is 4. The first kappa shape index (κ1) is 19.6. The Bertz CT molecular complexity index is 954. The van der Waals surface area contributed by atoms with Gasteiger partial charge in [-0.15, -0.1) is 11.3 Å². The van der Waals surface area contributed by atoms with Gasteiger partial charge in [-0.05, 0) is 71.7 Å². The van der Waals surface area contributed by atoms with Crippen LogP contribution in [0.3, 0.4) is 0 Å². The average Bonchev–Trinajstić information content (AvgIpc) is 3.18. The van der Waals surface area contributed by atoms with Crippen molar-refractivity contribution < 1.29 is 0 Å². The molecular weight excluding hydrogens is 364 g/mol. The Labute approximate surface area is 172 Å². The highest BCUT2D eigenvalue weighted by molar-refractivity contribution is 7.18. The maximum absolute atomic E-state index is 5.17. The molecule has 0 spiro atoms. The van der Waals surface area contributed by atoms with E-state index in [1.165, 1.54) is 58.1 Å². The molecule has 150 valence electrons. The van der Waals surface area contributed by atoms with Crippen LogP contribution in [0.25, 0.3) is 21.6 Å². The number of nitrogens with zero attached hydrogens (tertiary/aromatic N) is 3. The molecule has 3 aromatic rings. The molecule has 1 aliphatic heterocycles. The summed E-state index contributed by atoms with van der Waals surface area (Å²) >= 11 is 1.87. The van der Waals surface area contributed by atoms with Crippen LogP contribution < -0.4 is 0 Å². The first-order valence-corrected chi connectivity index (χ1v) is 11.4. The van der Waals surface area contributed by atoms with E-state index in [9.17, 15) is 0 Å². The third kappa shape index (κ3) is 3.62. The van der Waals surface area contributed by atoms with E-state index in [0.717, 1.165) is 11.4 Å². The molecule has 1 fully saturated rings. The van der Waals surface area contributed by atoms with Crippen molar-refractivity contribution in [3.8, 4) is 11.3 Å². The molecule has 28 heavy (non-hydrogen) atoms. The molecule has 1 aliphatic rings. The molecule has 0 aliphatic carbocycles. The number of aromatic amines is 1. The number of fused-ring (bicyclic) bond motifs is 1. The molecule has 1 N–H and O–H groups in total. The van der Waals surface area contributed by atoms with E-state index in [1.54, 1.807) is 0 Å². The van der Waals surface area contributed by atoms with Crippen molar-refractivity contribution in [2.75, 3.05) is 13.1 Å². The summed E-state index contributed by atoms with van der Waals surface area (Å²) in [5, 5.41) is 1.32. The van der Waals surface area contributed by atoms with Crippen molar-refractivity contribution >= 4 is 21.7 Å². The van der Waals surface area contributed by atoms with Crippen LogP contribution in [0.5, 0.6) is 0 Å². The van der Waals surface area contributed by atoms with E-state index in [0.29, 0.717) is 17.9 Å². The van der Waals surface area contributed by atoms with E-state index in [4.69, 9.17) is 4.98 Å². The third-order valence-corrected chi connectivity index (χ3v) is 7.10. The van der Waals surface area contributed by atoms with Crippen molar-refractivity contribution in [3.05, 3.63) is 34.1 Å². The monoisotopic (exact) mass is 396 g/mol. The van der Waals surface area contributed by atoms with Gasteiger partial charge in [0.25, 0.3) is 0 Å². The lowest BCUT2D eigenvalue weighted by atomic mass is 9.96. The standard InChI is InChI=1S/C23H32N4S/c1-13(2)19-20(18-11-15(5)24-16(6)12-18)25-23-21(19)26-22(28-23)17-7-9-27(10-8-17)14(3)4/h11-14,17,25H,7-10H2,1-6H3. The third-order valence-electron chi connectivity index (χ3n) is 5.96. The molecule has 1 saturated heterocycles. The fourth-order valence-electron chi connectivity index (χ4n) is 4.51. The molecule has 4 nitrogen and oxygen atoms in total. The predicted octanol–water partition coefficient (Wildman–Crippen LogP) is 6.01. The van der Waals surface area contributed by atoms with Crippen LogP contribution in [-0.4, -0.2) is 39.0 Å². The van der Waals surface area contributed by atoms with Crippen molar-refractivity contribution in [3.63, 3.8) is 0 Å². The molecule has 0 saturated carbocycles. The van der Waals surface area contributed by atoms with E-state index in [2.05, 4.69) is 68.5 Å². The zero-order valence-electron chi connectivity index (χ0n) is 18.0. The van der Waals surface area contributed by atoms with E-state index in [1.807, 2.05) is 11.3 Å². The highest BCUT2D eigenvalue weighted by Gasteiger charge is 2.27. The smallest absolute Gasteiger partial charge is 0.121 e. The summed E-state index contributed by atoms with van der Waals surface area (Å²) < 4.78 is 0. The lowest BCUT2D eigenvalue weighted by molar-refractivity contribution is 0.172. The maximum atomic E-state index is 5.17. The lowest BCUT2D eigenvalue weighted by Crippen LogP contribution is -2.37. The zero-order valence-corrected chi connectivity index (χ0v) is 18.8. The van der Waals surface area contributed by atoms with E-state index >= 15 is 0 Å². The van der Waals surface area contributed by atoms with Gasteiger partial charge < -0.3 is 9.88 Å². The van der Waals surface area contributed by atoms with Crippen LogP contribution in [0.15, 0.2) is 12.1 Å². The first-order chi connectivity index (χ1) is 13.3. The van der Waals surface area contributed by atoms with Gasteiger partial charge in [0.05, 0.1) is 10.7 Å². The second-order valence-electron chi connectivity index (χ2n) is 8.84. The van der Waals surface area contributed by atoms with Gasteiger partial charge in [-0.3, -0.25) is 4.98 Å². The number of rotatable bonds is 4. The van der Waals surface area contributed by atoms with Crippen LogP contribution >= 0.6 is 11.3 Å². The molecule has 0 bridgehead atoms. The molecule has 4 heterocycles. The Balaban J connectivity index is 1.70. The van der Waals surface area contributed by atoms with Crippen LogP contribution in [-0.2, 0) is 0 Å². The predicted molar refractivity (Wildman–Crippen MR) is 119 cm³/mol. The number of piperidine rings is 1. The summed E-state index contributed by atoms with van der Waals surface area (Å²) in [7, 11) is 0. The van der Waals surface area contributed by atoms with Gasteiger partial charge in [0, 0.05) is 34.5 Å². The van der Waals surface area contributed by atoms with Crippen LogP contribution in [0, 0.1) is 13.8 Å². The Morgan fingerprint density at radius 1 is 1.04 bits per heavy atom. The molecule has 0 radical (unpaired) electrons. The Hall–Kier alpha value is -1.72. The SMILES string of the molecule is Cc1cc(-c2[nH]c3sc(C4CCN(C(C)C)CC4)nc3c2C(C)C)cc(C)n1. The Morgan fingerprint density at radius 2 is 1.68 bits per heavy atom. The summed E-state index contributed by atoms with van der Waals surface area (Å²) in [5.41, 5.74) is 7.11. The van der Waals surface area contributed by atoms with E-state index in [-0.39, 0.29) is 0 Å². The molecule has 4 rings (SSSR count). The normalized spacial score (nSPS) is 16.7. The quantitative estimate of drug-likeness (QED) is 0.587. The van der Waals surface area contributed by atoms with Gasteiger partial charge in [0.15, 0.2) is 0 Å². The summed E-state index contributed by atoms with van der Waals surface area (Å²) in [5.74, 6) is 1.03. The fourth-order valence-corrected chi connectivity index (χ4v) is 5.66. The molecular formula is C23H32N4S. The van der Waals surface area contributed by atoms with Crippen LogP contribution in [0.4, 0.5) is 0 Å². The largest absolute Gasteiger partial charge is 0.345 e. The van der Waals surface area contributed by atoms with Gasteiger partial charge in [0.1, 0.15) is 10.3 Å². The number of likely N-dealkylation sites (tertiary alicyclic amines) is 1. The van der Waals surface area contributed by atoms with Crippen molar-refractivity contribution in [1.82, 2.24) is 19.9 Å². The Kier molecular flexibility index (Phi) is 5.32. The van der Waals surface area contributed by atoms with Gasteiger partial charge in [-0.1, -0.05) is 13.8 Å². The number of aromatic nitrogens is 3. The minimum atomic E-state index is 0.426. The van der Waals surface area contributed by atoms with Crippen molar-refractivity contribution in [2.45, 2.75) is 72.3 Å². The minimum absolute atomic E-state index is 0.426. The molecule has 0 unspecified atom stereocenters. The average molecular weight is 397 g/mol. The summed E-state index contributed by atoms with van der Waals surface area (Å²) in [6, 6.07) is 5.00. The first-order valence-electron chi connectivity index (χ1n) is 10.6. The molecule has 3 aromatic heterocycles. The molecule has 0 amide bonds. The second-order valence-corrected chi connectivity index (χ2v) is 9.87. The molecule has 0 atom stereocenters. The summed E-state index contributed by atoms with van der Waals surface area (Å²) in [6.07, 6.45) is 2.45. The topological polar surface area (TPSA) is 44.8 Å². The highest BCUT2D eigenvalue weighted by atomic mass is 32.1. The number of hydrogen-bond donors (Lipinski definition) is 1. The van der Waals surface area contributed by atoms with E-state index < -0.39 is 0 Å². The molecule has 5 heteroatoms. The zero-order chi connectivity index (χ0) is 20.0. The van der Waals surface area contributed by atoms with Gasteiger partial charge in [-0.2, -0.15) is 0 Å². The number of thiazole rings is 1. The van der Waals surface area contributed by atoms with Crippen molar-refractivity contribution in [1.29, 1.82) is 0 Å². The minimum Gasteiger partial charge on any atom is -0.345 e. The number of pyridine rings is 1. The van der Waals surface area contributed by atoms with Crippen LogP contribution in [0.2, 0.25) is 0 Å². The summed E-state index contributed by atoms with van der Waals surface area (Å²) in [4.78, 5) is 17.2. The fraction of sp³-hybridized carbons (Fsp3) is 0.565. The van der Waals surface area contributed by atoms with Gasteiger partial charge >= 0.3 is 0 Å². The maximum Gasteiger partial charge on any atom is 0.121 e. The summed E-state index contributed by atoms with van der Waals surface area (Å²) in [6.45, 7) is 15.6. The van der Waals surface area contributed by atoms with Crippen molar-refractivity contribution in [2.24, 2.45) is 0 Å².